The van der Waals surface area contributed by atoms with Gasteiger partial charge >= 0.3 is 0 Å². The summed E-state index contributed by atoms with van der Waals surface area (Å²) in [6, 6.07) is 0.371. The number of hydrogen-bond donors (Lipinski definition) is 1. The molecule has 1 saturated heterocycles. The van der Waals surface area contributed by atoms with Crippen LogP contribution in [0.1, 0.15) is 18.5 Å². The van der Waals surface area contributed by atoms with Gasteiger partial charge in [-0.2, -0.15) is 4.98 Å². The summed E-state index contributed by atoms with van der Waals surface area (Å²) in [6.45, 7) is 3.64. The van der Waals surface area contributed by atoms with Crippen LogP contribution in [-0.4, -0.2) is 62.6 Å². The topological polar surface area (TPSA) is 68.7 Å². The predicted octanol–water partition coefficient (Wildman–Crippen LogP) is 1.01. The Bertz CT molecular complexity index is 506. The maximum atomic E-state index is 5.97. The van der Waals surface area contributed by atoms with Gasteiger partial charge in [0.25, 0.3) is 0 Å². The van der Waals surface area contributed by atoms with Crippen LogP contribution >= 0.6 is 12.4 Å². The van der Waals surface area contributed by atoms with E-state index in [1.165, 1.54) is 0 Å². The van der Waals surface area contributed by atoms with Gasteiger partial charge in [-0.3, -0.25) is 4.98 Å². The van der Waals surface area contributed by atoms with Gasteiger partial charge in [0.15, 0.2) is 5.82 Å². The van der Waals surface area contributed by atoms with Gasteiger partial charge in [-0.1, -0.05) is 0 Å². The third-order valence-corrected chi connectivity index (χ3v) is 4.12. The number of hydrogen-bond acceptors (Lipinski definition) is 7. The summed E-state index contributed by atoms with van der Waals surface area (Å²) >= 11 is 0. The molecule has 1 fully saturated rings. The standard InChI is InChI=1S/C15H24N4O3.ClH/c1-20-9-11-4-3-5-19(11)14-8-17-13-7-16-6-12(10-21-2)22-15(13)18-14;/h8,11-12,16H,3-7,9-10H2,1-2H3;1H/t11?,12-;/m1./s1. The van der Waals surface area contributed by atoms with Gasteiger partial charge in [-0.05, 0) is 12.8 Å². The van der Waals surface area contributed by atoms with Gasteiger partial charge in [0.1, 0.15) is 11.8 Å². The number of fused-ring (bicyclic) bond motifs is 1. The molecule has 0 amide bonds. The number of halogens is 1. The van der Waals surface area contributed by atoms with Crippen LogP contribution in [0.2, 0.25) is 0 Å². The molecule has 1 unspecified atom stereocenters. The molecule has 1 aromatic heterocycles. The summed E-state index contributed by atoms with van der Waals surface area (Å²) in [4.78, 5) is 11.5. The van der Waals surface area contributed by atoms with Gasteiger partial charge in [-0.25, -0.2) is 0 Å². The van der Waals surface area contributed by atoms with Crippen molar-refractivity contribution in [1.29, 1.82) is 0 Å². The lowest BCUT2D eigenvalue weighted by atomic mass is 10.2. The Morgan fingerprint density at radius 3 is 2.96 bits per heavy atom. The first-order valence-electron chi connectivity index (χ1n) is 7.79. The SMILES string of the molecule is COCC1CCCN1c1cnc2c(n1)O[C@@H](COC)CNC2.Cl. The lowest BCUT2D eigenvalue weighted by Gasteiger charge is -2.25. The van der Waals surface area contributed by atoms with Gasteiger partial charge < -0.3 is 24.4 Å². The third kappa shape index (κ3) is 4.23. The van der Waals surface area contributed by atoms with Gasteiger partial charge in [0.2, 0.25) is 5.88 Å². The molecule has 7 nitrogen and oxygen atoms in total. The van der Waals surface area contributed by atoms with Crippen LogP contribution in [0, 0.1) is 0 Å². The highest BCUT2D eigenvalue weighted by atomic mass is 35.5. The number of aromatic nitrogens is 2. The molecule has 8 heteroatoms. The zero-order valence-corrected chi connectivity index (χ0v) is 14.5. The van der Waals surface area contributed by atoms with E-state index in [2.05, 4.69) is 15.2 Å². The summed E-state index contributed by atoms with van der Waals surface area (Å²) < 4.78 is 16.5. The molecule has 0 bridgehead atoms. The molecule has 0 aliphatic carbocycles. The molecule has 0 radical (unpaired) electrons. The molecule has 1 aromatic rings. The van der Waals surface area contributed by atoms with E-state index < -0.39 is 0 Å². The summed E-state index contributed by atoms with van der Waals surface area (Å²) in [5.41, 5.74) is 0.852. The van der Waals surface area contributed by atoms with E-state index in [4.69, 9.17) is 19.2 Å². The second-order valence-electron chi connectivity index (χ2n) is 5.75. The summed E-state index contributed by atoms with van der Waals surface area (Å²) in [6.07, 6.45) is 4.08. The van der Waals surface area contributed by atoms with Crippen molar-refractivity contribution in [2.24, 2.45) is 0 Å². The van der Waals surface area contributed by atoms with E-state index in [0.717, 1.165) is 37.4 Å². The first-order valence-corrected chi connectivity index (χ1v) is 7.79. The minimum absolute atomic E-state index is 0. The average molecular weight is 345 g/mol. The molecular weight excluding hydrogens is 320 g/mol. The molecule has 0 saturated carbocycles. The zero-order valence-electron chi connectivity index (χ0n) is 13.7. The molecule has 130 valence electrons. The second kappa shape index (κ2) is 8.63. The van der Waals surface area contributed by atoms with E-state index in [1.54, 1.807) is 14.2 Å². The van der Waals surface area contributed by atoms with E-state index in [-0.39, 0.29) is 18.5 Å². The van der Waals surface area contributed by atoms with Crippen LogP contribution in [0.15, 0.2) is 6.20 Å². The minimum Gasteiger partial charge on any atom is -0.469 e. The Morgan fingerprint density at radius 2 is 2.17 bits per heavy atom. The molecule has 0 spiro atoms. The quantitative estimate of drug-likeness (QED) is 0.854. The third-order valence-electron chi connectivity index (χ3n) is 4.12. The van der Waals surface area contributed by atoms with Crippen molar-refractivity contribution in [1.82, 2.24) is 15.3 Å². The Balaban J connectivity index is 0.00000192. The number of methoxy groups -OCH3 is 2. The lowest BCUT2D eigenvalue weighted by molar-refractivity contribution is 0.0810. The lowest BCUT2D eigenvalue weighted by Crippen LogP contribution is -2.34. The average Bonchev–Trinajstić information content (AvgIpc) is 2.88. The monoisotopic (exact) mass is 344 g/mol. The molecular formula is C15H25ClN4O3. The van der Waals surface area contributed by atoms with Crippen molar-refractivity contribution < 1.29 is 14.2 Å². The van der Waals surface area contributed by atoms with E-state index in [9.17, 15) is 0 Å². The molecule has 2 atom stereocenters. The van der Waals surface area contributed by atoms with E-state index in [1.807, 2.05) is 6.20 Å². The van der Waals surface area contributed by atoms with Crippen molar-refractivity contribution in [2.45, 2.75) is 31.5 Å². The Labute approximate surface area is 143 Å². The Hall–Kier alpha value is -1.15. The highest BCUT2D eigenvalue weighted by molar-refractivity contribution is 5.85. The summed E-state index contributed by atoms with van der Waals surface area (Å²) in [5, 5.41) is 3.32. The Kier molecular flexibility index (Phi) is 6.83. The van der Waals surface area contributed by atoms with Crippen molar-refractivity contribution in [2.75, 3.05) is 45.4 Å². The maximum Gasteiger partial charge on any atom is 0.239 e. The zero-order chi connectivity index (χ0) is 15.4. The Morgan fingerprint density at radius 1 is 1.35 bits per heavy atom. The van der Waals surface area contributed by atoms with Crippen LogP contribution in [0.5, 0.6) is 5.88 Å². The van der Waals surface area contributed by atoms with Crippen LogP contribution in [0.25, 0.3) is 0 Å². The number of rotatable bonds is 5. The fourth-order valence-electron chi connectivity index (χ4n) is 3.08. The maximum absolute atomic E-state index is 5.97. The van der Waals surface area contributed by atoms with Crippen molar-refractivity contribution in [3.63, 3.8) is 0 Å². The first kappa shape index (κ1) is 18.2. The van der Waals surface area contributed by atoms with Crippen molar-refractivity contribution in [3.8, 4) is 5.88 Å². The molecule has 1 N–H and O–H groups in total. The fourth-order valence-corrected chi connectivity index (χ4v) is 3.08. The van der Waals surface area contributed by atoms with Gasteiger partial charge in [0.05, 0.1) is 25.5 Å². The number of anilines is 1. The smallest absolute Gasteiger partial charge is 0.239 e. The second-order valence-corrected chi connectivity index (χ2v) is 5.75. The normalized spacial score (nSPS) is 23.7. The van der Waals surface area contributed by atoms with Crippen LogP contribution in [0.4, 0.5) is 5.82 Å². The highest BCUT2D eigenvalue weighted by Crippen LogP contribution is 2.27. The summed E-state index contributed by atoms with van der Waals surface area (Å²) in [7, 11) is 3.42. The van der Waals surface area contributed by atoms with Crippen molar-refractivity contribution in [3.05, 3.63) is 11.9 Å². The number of nitrogens with zero attached hydrogens (tertiary/aromatic N) is 3. The predicted molar refractivity (Wildman–Crippen MR) is 89.5 cm³/mol. The van der Waals surface area contributed by atoms with Crippen LogP contribution in [0.3, 0.4) is 0 Å². The van der Waals surface area contributed by atoms with Gasteiger partial charge in [0, 0.05) is 33.9 Å². The number of nitrogens with one attached hydrogen (secondary N) is 1. The largest absolute Gasteiger partial charge is 0.469 e. The minimum atomic E-state index is -0.0378. The first-order chi connectivity index (χ1) is 10.8. The highest BCUT2D eigenvalue weighted by Gasteiger charge is 2.27. The molecule has 23 heavy (non-hydrogen) atoms. The van der Waals surface area contributed by atoms with Crippen LogP contribution in [-0.2, 0) is 16.0 Å². The van der Waals surface area contributed by atoms with Crippen molar-refractivity contribution >= 4 is 18.2 Å². The van der Waals surface area contributed by atoms with Crippen LogP contribution < -0.4 is 15.0 Å². The molecule has 2 aliphatic rings. The van der Waals surface area contributed by atoms with E-state index in [0.29, 0.717) is 31.7 Å². The van der Waals surface area contributed by atoms with Gasteiger partial charge in [-0.15, -0.1) is 12.4 Å². The molecule has 3 heterocycles. The number of ether oxygens (including phenoxy) is 3. The summed E-state index contributed by atoms with van der Waals surface area (Å²) in [5.74, 6) is 1.49. The molecule has 0 aromatic carbocycles. The van der Waals surface area contributed by atoms with E-state index >= 15 is 0 Å². The molecule has 2 aliphatic heterocycles. The molecule has 3 rings (SSSR count). The fraction of sp³-hybridized carbons (Fsp3) is 0.733.